The van der Waals surface area contributed by atoms with Gasteiger partial charge in [-0.15, -0.1) is 0 Å². The molecule has 0 aliphatic carbocycles. The van der Waals surface area contributed by atoms with Crippen LogP contribution in [0.4, 0.5) is 13.2 Å². The number of alkyl halides is 3. The second kappa shape index (κ2) is 10.6. The van der Waals surface area contributed by atoms with E-state index in [-0.39, 0.29) is 6.10 Å². The van der Waals surface area contributed by atoms with Crippen LogP contribution in [0.1, 0.15) is 76.3 Å². The summed E-state index contributed by atoms with van der Waals surface area (Å²) in [6.07, 6.45) is 3.04. The van der Waals surface area contributed by atoms with E-state index in [0.29, 0.717) is 12.1 Å². The van der Waals surface area contributed by atoms with Crippen LogP contribution < -0.4 is 0 Å². The molecule has 1 atom stereocenters. The highest BCUT2D eigenvalue weighted by atomic mass is 19.4. The van der Waals surface area contributed by atoms with Crippen molar-refractivity contribution in [1.82, 2.24) is 14.5 Å². The Morgan fingerprint density at radius 2 is 1.80 bits per heavy atom. The van der Waals surface area contributed by atoms with E-state index in [1.165, 1.54) is 31.7 Å². The van der Waals surface area contributed by atoms with Crippen molar-refractivity contribution < 1.29 is 17.9 Å². The Kier molecular flexibility index (Phi) is 8.17. The number of halogens is 3. The maximum atomic E-state index is 13.2. The van der Waals surface area contributed by atoms with Gasteiger partial charge in [0.25, 0.3) is 0 Å². The average Bonchev–Trinajstić information content (AvgIpc) is 3.36. The minimum Gasteiger partial charge on any atom is -0.370 e. The lowest BCUT2D eigenvalue weighted by atomic mass is 10.2. The van der Waals surface area contributed by atoms with E-state index in [0.717, 1.165) is 62.8 Å². The lowest BCUT2D eigenvalue weighted by Gasteiger charge is -2.22. The summed E-state index contributed by atoms with van der Waals surface area (Å²) in [4.78, 5) is 7.10. The van der Waals surface area contributed by atoms with Crippen LogP contribution in [0.3, 0.4) is 0 Å². The molecule has 1 aliphatic rings. The molecule has 0 saturated carbocycles. The van der Waals surface area contributed by atoms with Gasteiger partial charge in [-0.3, -0.25) is 0 Å². The first-order valence-corrected chi connectivity index (χ1v) is 11.3. The summed E-state index contributed by atoms with van der Waals surface area (Å²) in [7, 11) is 0. The highest BCUT2D eigenvalue weighted by Gasteiger charge is 2.32. The Labute approximate surface area is 177 Å². The molecule has 1 aliphatic heterocycles. The van der Waals surface area contributed by atoms with Gasteiger partial charge < -0.3 is 14.2 Å². The Morgan fingerprint density at radius 1 is 1.10 bits per heavy atom. The second-order valence-electron chi connectivity index (χ2n) is 8.23. The van der Waals surface area contributed by atoms with Crippen LogP contribution in [0.25, 0.3) is 11.0 Å². The number of rotatable bonds is 11. The molecule has 4 nitrogen and oxygen atoms in total. The molecule has 0 amide bonds. The number of aryl methyl sites for hydroxylation is 1. The van der Waals surface area contributed by atoms with E-state index >= 15 is 0 Å². The van der Waals surface area contributed by atoms with Gasteiger partial charge in [-0.25, -0.2) is 4.98 Å². The number of imidazole rings is 1. The predicted octanol–water partition coefficient (Wildman–Crippen LogP) is 6.20. The van der Waals surface area contributed by atoms with Crippen molar-refractivity contribution in [3.63, 3.8) is 0 Å². The highest BCUT2D eigenvalue weighted by Crippen LogP contribution is 2.34. The third-order valence-corrected chi connectivity index (χ3v) is 5.83. The molecule has 168 valence electrons. The van der Waals surface area contributed by atoms with Crippen molar-refractivity contribution in [2.75, 3.05) is 26.2 Å². The summed E-state index contributed by atoms with van der Waals surface area (Å²) in [5.41, 5.74) is 0.523. The van der Waals surface area contributed by atoms with Crippen LogP contribution in [0, 0.1) is 0 Å². The van der Waals surface area contributed by atoms with Crippen molar-refractivity contribution >= 4 is 11.0 Å². The quantitative estimate of drug-likeness (QED) is 0.429. The van der Waals surface area contributed by atoms with Crippen LogP contribution in [0.15, 0.2) is 18.2 Å². The van der Waals surface area contributed by atoms with Crippen molar-refractivity contribution in [1.29, 1.82) is 0 Å². The fourth-order valence-electron chi connectivity index (χ4n) is 4.14. The summed E-state index contributed by atoms with van der Waals surface area (Å²) in [6, 6.07) is 3.89. The summed E-state index contributed by atoms with van der Waals surface area (Å²) in [6.45, 7) is 9.04. The van der Waals surface area contributed by atoms with Crippen LogP contribution >= 0.6 is 0 Å². The normalized spacial score (nSPS) is 17.5. The summed E-state index contributed by atoms with van der Waals surface area (Å²) >= 11 is 0. The average molecular weight is 426 g/mol. The molecule has 0 radical (unpaired) electrons. The van der Waals surface area contributed by atoms with Crippen LogP contribution in [-0.4, -0.2) is 40.7 Å². The molecule has 30 heavy (non-hydrogen) atoms. The third kappa shape index (κ3) is 5.76. The van der Waals surface area contributed by atoms with E-state index in [9.17, 15) is 13.2 Å². The maximum absolute atomic E-state index is 13.2. The molecular weight excluding hydrogens is 391 g/mol. The van der Waals surface area contributed by atoms with E-state index < -0.39 is 11.7 Å². The topological polar surface area (TPSA) is 30.3 Å². The number of ether oxygens (including phenoxy) is 1. The molecule has 2 heterocycles. The number of hydrogen-bond acceptors (Lipinski definition) is 3. The molecule has 1 unspecified atom stereocenters. The zero-order valence-corrected chi connectivity index (χ0v) is 18.2. The van der Waals surface area contributed by atoms with Crippen molar-refractivity contribution in [3.05, 3.63) is 29.6 Å². The fourth-order valence-corrected chi connectivity index (χ4v) is 4.14. The number of unbranched alkanes of at least 4 members (excludes halogenated alkanes) is 2. The summed E-state index contributed by atoms with van der Waals surface area (Å²) < 4.78 is 47.4. The summed E-state index contributed by atoms with van der Waals surface area (Å²) in [5.74, 6) is 0.774. The number of benzene rings is 1. The van der Waals surface area contributed by atoms with Gasteiger partial charge in [0.2, 0.25) is 0 Å². The SMILES string of the molecule is CCCCN(CCCC)CCCn1c(C2CCCO2)nc2cc(C(F)(F)F)ccc21. The standard InChI is InChI=1S/C23H34F3N3O/c1-3-5-12-28(13-6-4-2)14-8-15-29-20-11-10-18(23(24,25)26)17-19(20)27-22(29)21-9-7-16-30-21/h10-11,17,21H,3-9,12-16H2,1-2H3. The minimum absolute atomic E-state index is 0.122. The highest BCUT2D eigenvalue weighted by molar-refractivity contribution is 5.77. The van der Waals surface area contributed by atoms with Gasteiger partial charge in [-0.05, 0) is 69.9 Å². The van der Waals surface area contributed by atoms with Gasteiger partial charge in [0.05, 0.1) is 16.6 Å². The lowest BCUT2D eigenvalue weighted by Crippen LogP contribution is -2.28. The van der Waals surface area contributed by atoms with Gasteiger partial charge in [0.1, 0.15) is 11.9 Å². The van der Waals surface area contributed by atoms with Gasteiger partial charge >= 0.3 is 6.18 Å². The van der Waals surface area contributed by atoms with E-state index in [1.807, 2.05) is 0 Å². The second-order valence-corrected chi connectivity index (χ2v) is 8.23. The first-order chi connectivity index (χ1) is 14.4. The van der Waals surface area contributed by atoms with E-state index in [2.05, 4.69) is 28.3 Å². The van der Waals surface area contributed by atoms with Crippen molar-refractivity contribution in [2.45, 2.75) is 77.6 Å². The van der Waals surface area contributed by atoms with Crippen LogP contribution in [0.5, 0.6) is 0 Å². The first kappa shape index (κ1) is 23.1. The fraction of sp³-hybridized carbons (Fsp3) is 0.696. The zero-order chi connectivity index (χ0) is 21.6. The smallest absolute Gasteiger partial charge is 0.370 e. The Balaban J connectivity index is 1.79. The zero-order valence-electron chi connectivity index (χ0n) is 18.2. The third-order valence-electron chi connectivity index (χ3n) is 5.83. The molecule has 0 spiro atoms. The van der Waals surface area contributed by atoms with Crippen molar-refractivity contribution in [2.24, 2.45) is 0 Å². The van der Waals surface area contributed by atoms with E-state index in [1.54, 1.807) is 6.07 Å². The number of fused-ring (bicyclic) bond motifs is 1. The maximum Gasteiger partial charge on any atom is 0.416 e. The number of nitrogens with zero attached hydrogens (tertiary/aromatic N) is 3. The Hall–Kier alpha value is -1.60. The molecule has 1 fully saturated rings. The van der Waals surface area contributed by atoms with Crippen LogP contribution in [-0.2, 0) is 17.5 Å². The molecule has 2 aromatic rings. The van der Waals surface area contributed by atoms with Gasteiger partial charge in [0.15, 0.2) is 0 Å². The molecule has 1 saturated heterocycles. The Bertz CT molecular complexity index is 789. The summed E-state index contributed by atoms with van der Waals surface area (Å²) in [5, 5.41) is 0. The van der Waals surface area contributed by atoms with Gasteiger partial charge in [-0.1, -0.05) is 26.7 Å². The van der Waals surface area contributed by atoms with Crippen LogP contribution in [0.2, 0.25) is 0 Å². The molecule has 7 heteroatoms. The number of hydrogen-bond donors (Lipinski definition) is 0. The molecule has 3 rings (SSSR count). The molecular formula is C23H34F3N3O. The molecule has 0 N–H and O–H groups in total. The van der Waals surface area contributed by atoms with Gasteiger partial charge in [0, 0.05) is 13.2 Å². The van der Waals surface area contributed by atoms with E-state index in [4.69, 9.17) is 4.74 Å². The predicted molar refractivity (Wildman–Crippen MR) is 114 cm³/mol. The first-order valence-electron chi connectivity index (χ1n) is 11.3. The van der Waals surface area contributed by atoms with Gasteiger partial charge in [-0.2, -0.15) is 13.2 Å². The Morgan fingerprint density at radius 3 is 2.40 bits per heavy atom. The lowest BCUT2D eigenvalue weighted by molar-refractivity contribution is -0.137. The van der Waals surface area contributed by atoms with Crippen molar-refractivity contribution in [3.8, 4) is 0 Å². The molecule has 1 aromatic carbocycles. The largest absolute Gasteiger partial charge is 0.416 e. The monoisotopic (exact) mass is 425 g/mol. The molecule has 0 bridgehead atoms. The minimum atomic E-state index is -4.36. The number of aromatic nitrogens is 2. The molecule has 1 aromatic heterocycles.